The average Bonchev–Trinajstić information content (AvgIpc) is 2.55. The number of halogens is 6. The summed E-state index contributed by atoms with van der Waals surface area (Å²) in [6, 6.07) is 10.8. The zero-order valence-corrected chi connectivity index (χ0v) is 14.7. The van der Waals surface area contributed by atoms with Crippen molar-refractivity contribution >= 4 is 0 Å². The van der Waals surface area contributed by atoms with Crippen molar-refractivity contribution in [3.63, 3.8) is 0 Å². The van der Waals surface area contributed by atoms with Crippen molar-refractivity contribution in [3.8, 4) is 0 Å². The summed E-state index contributed by atoms with van der Waals surface area (Å²) in [6.07, 6.45) is -5.09. The van der Waals surface area contributed by atoms with E-state index in [-0.39, 0.29) is 0 Å². The fourth-order valence-corrected chi connectivity index (χ4v) is 2.34. The molecule has 0 aliphatic rings. The van der Waals surface area contributed by atoms with Gasteiger partial charge in [-0.05, 0) is 42.2 Å². The molecule has 0 atom stereocenters. The van der Waals surface area contributed by atoms with Gasteiger partial charge in [-0.3, -0.25) is 0 Å². The maximum absolute atomic E-state index is 12.2. The van der Waals surface area contributed by atoms with Crippen molar-refractivity contribution in [2.75, 3.05) is 0 Å². The number of rotatable bonds is 4. The summed E-state index contributed by atoms with van der Waals surface area (Å²) >= 11 is 0. The second-order valence-corrected chi connectivity index (χ2v) is 5.89. The molecule has 26 heavy (non-hydrogen) atoms. The summed E-state index contributed by atoms with van der Waals surface area (Å²) in [4.78, 5) is 0. The SMILES string of the molecule is CCCc1ccc(C(F)(F)F)cc1.CCCc1cccc(C(F)(F)F)c1. The van der Waals surface area contributed by atoms with Crippen molar-refractivity contribution in [2.24, 2.45) is 0 Å². The minimum atomic E-state index is -4.22. The molecule has 2 aromatic rings. The first-order valence-corrected chi connectivity index (χ1v) is 8.40. The largest absolute Gasteiger partial charge is 0.416 e. The van der Waals surface area contributed by atoms with Crippen molar-refractivity contribution in [1.82, 2.24) is 0 Å². The molecule has 144 valence electrons. The van der Waals surface area contributed by atoms with Crippen LogP contribution < -0.4 is 0 Å². The first kappa shape index (κ1) is 22.1. The fourth-order valence-electron chi connectivity index (χ4n) is 2.34. The molecule has 0 spiro atoms. The molecule has 0 aromatic heterocycles. The Morgan fingerprint density at radius 3 is 1.58 bits per heavy atom. The second kappa shape index (κ2) is 9.64. The van der Waals surface area contributed by atoms with Gasteiger partial charge < -0.3 is 0 Å². The molecule has 0 N–H and O–H groups in total. The van der Waals surface area contributed by atoms with E-state index in [2.05, 4.69) is 0 Å². The van der Waals surface area contributed by atoms with Gasteiger partial charge >= 0.3 is 12.4 Å². The third-order valence-electron chi connectivity index (χ3n) is 3.61. The van der Waals surface area contributed by atoms with E-state index in [1.807, 2.05) is 13.8 Å². The van der Waals surface area contributed by atoms with Crippen LogP contribution in [0.1, 0.15) is 48.9 Å². The first-order valence-electron chi connectivity index (χ1n) is 8.40. The van der Waals surface area contributed by atoms with E-state index >= 15 is 0 Å². The van der Waals surface area contributed by atoms with Gasteiger partial charge in [-0.25, -0.2) is 0 Å². The van der Waals surface area contributed by atoms with Crippen LogP contribution in [0.15, 0.2) is 48.5 Å². The van der Waals surface area contributed by atoms with Crippen molar-refractivity contribution in [3.05, 3.63) is 70.8 Å². The third kappa shape index (κ3) is 7.50. The molecular formula is C20H22F6. The van der Waals surface area contributed by atoms with Crippen LogP contribution in [0.5, 0.6) is 0 Å². The van der Waals surface area contributed by atoms with Crippen LogP contribution in [-0.2, 0) is 25.2 Å². The molecule has 0 unspecified atom stereocenters. The van der Waals surface area contributed by atoms with E-state index in [1.165, 1.54) is 24.3 Å². The van der Waals surface area contributed by atoms with E-state index in [9.17, 15) is 26.3 Å². The molecule has 0 aliphatic carbocycles. The Balaban J connectivity index is 0.000000260. The zero-order chi connectivity index (χ0) is 19.8. The predicted molar refractivity (Wildman–Crippen MR) is 90.9 cm³/mol. The van der Waals surface area contributed by atoms with E-state index in [1.54, 1.807) is 6.07 Å². The number of hydrogen-bond acceptors (Lipinski definition) is 0. The molecule has 2 rings (SSSR count). The van der Waals surface area contributed by atoms with Crippen LogP contribution in [-0.4, -0.2) is 0 Å². The van der Waals surface area contributed by atoms with Gasteiger partial charge in [-0.15, -0.1) is 0 Å². The number of alkyl halides is 6. The molecule has 0 fully saturated rings. The van der Waals surface area contributed by atoms with E-state index in [0.717, 1.165) is 48.6 Å². The molecule has 2 aromatic carbocycles. The summed E-state index contributed by atoms with van der Waals surface area (Å²) in [5.74, 6) is 0. The van der Waals surface area contributed by atoms with Crippen LogP contribution in [0.3, 0.4) is 0 Å². The van der Waals surface area contributed by atoms with E-state index < -0.39 is 23.5 Å². The quantitative estimate of drug-likeness (QED) is 0.491. The molecule has 0 heterocycles. The van der Waals surface area contributed by atoms with Crippen LogP contribution in [0.25, 0.3) is 0 Å². The van der Waals surface area contributed by atoms with Gasteiger partial charge in [0.05, 0.1) is 11.1 Å². The average molecular weight is 376 g/mol. The molecule has 0 saturated carbocycles. The minimum Gasteiger partial charge on any atom is -0.166 e. The lowest BCUT2D eigenvalue weighted by atomic mass is 10.1. The van der Waals surface area contributed by atoms with Crippen molar-refractivity contribution in [1.29, 1.82) is 0 Å². The number of benzene rings is 2. The summed E-state index contributed by atoms with van der Waals surface area (Å²) in [5, 5.41) is 0. The monoisotopic (exact) mass is 376 g/mol. The molecule has 6 heteroatoms. The van der Waals surface area contributed by atoms with E-state index in [4.69, 9.17) is 0 Å². The normalized spacial score (nSPS) is 11.7. The zero-order valence-electron chi connectivity index (χ0n) is 14.7. The van der Waals surface area contributed by atoms with Gasteiger partial charge in [0, 0.05) is 0 Å². The fraction of sp³-hybridized carbons (Fsp3) is 0.400. The van der Waals surface area contributed by atoms with Gasteiger partial charge in [0.2, 0.25) is 0 Å². The Bertz CT molecular complexity index is 653. The van der Waals surface area contributed by atoms with Gasteiger partial charge in [0.1, 0.15) is 0 Å². The minimum absolute atomic E-state index is 0.557. The standard InChI is InChI=1S/2C10H11F3/c1-2-4-8-5-3-6-9(7-8)10(11,12)13;1-2-3-8-4-6-9(7-5-8)10(11,12)13/h3,5-7H,2,4H2,1H3;4-7H,2-3H2,1H3. The number of aryl methyl sites for hydroxylation is 2. The molecular weight excluding hydrogens is 354 g/mol. The molecule has 0 amide bonds. The Hall–Kier alpha value is -1.98. The molecule has 0 aliphatic heterocycles. The highest BCUT2D eigenvalue weighted by Gasteiger charge is 2.30. The maximum Gasteiger partial charge on any atom is 0.416 e. The molecule has 0 bridgehead atoms. The summed E-state index contributed by atoms with van der Waals surface area (Å²) in [6.45, 7) is 3.94. The van der Waals surface area contributed by atoms with Crippen LogP contribution in [0.2, 0.25) is 0 Å². The van der Waals surface area contributed by atoms with Crippen LogP contribution in [0, 0.1) is 0 Å². The maximum atomic E-state index is 12.2. The first-order chi connectivity index (χ1) is 12.1. The Kier molecular flexibility index (Phi) is 8.18. The van der Waals surface area contributed by atoms with Gasteiger partial charge in [0.15, 0.2) is 0 Å². The van der Waals surface area contributed by atoms with Crippen molar-refractivity contribution < 1.29 is 26.3 Å². The third-order valence-corrected chi connectivity index (χ3v) is 3.61. The second-order valence-electron chi connectivity index (χ2n) is 5.89. The van der Waals surface area contributed by atoms with Gasteiger partial charge in [0.25, 0.3) is 0 Å². The lowest BCUT2D eigenvalue weighted by Gasteiger charge is -2.07. The summed E-state index contributed by atoms with van der Waals surface area (Å²) in [7, 11) is 0. The summed E-state index contributed by atoms with van der Waals surface area (Å²) < 4.78 is 72.9. The lowest BCUT2D eigenvalue weighted by Crippen LogP contribution is -2.05. The topological polar surface area (TPSA) is 0 Å². The van der Waals surface area contributed by atoms with E-state index in [0.29, 0.717) is 6.42 Å². The van der Waals surface area contributed by atoms with Crippen molar-refractivity contribution in [2.45, 2.75) is 51.9 Å². The van der Waals surface area contributed by atoms with Gasteiger partial charge in [-0.2, -0.15) is 26.3 Å². The highest BCUT2D eigenvalue weighted by atomic mass is 19.4. The highest BCUT2D eigenvalue weighted by molar-refractivity contribution is 5.26. The molecule has 0 saturated heterocycles. The Morgan fingerprint density at radius 1 is 0.615 bits per heavy atom. The summed E-state index contributed by atoms with van der Waals surface area (Å²) in [5.41, 5.74) is 0.568. The Morgan fingerprint density at radius 2 is 1.12 bits per heavy atom. The molecule has 0 radical (unpaired) electrons. The molecule has 0 nitrogen and oxygen atoms in total. The highest BCUT2D eigenvalue weighted by Crippen LogP contribution is 2.30. The van der Waals surface area contributed by atoms with Crippen LogP contribution in [0.4, 0.5) is 26.3 Å². The number of hydrogen-bond donors (Lipinski definition) is 0. The Labute approximate surface area is 149 Å². The smallest absolute Gasteiger partial charge is 0.166 e. The van der Waals surface area contributed by atoms with Gasteiger partial charge in [-0.1, -0.05) is 57.0 Å². The lowest BCUT2D eigenvalue weighted by molar-refractivity contribution is -0.138. The predicted octanol–water partition coefficient (Wildman–Crippen LogP) is 7.32. The van der Waals surface area contributed by atoms with Crippen LogP contribution >= 0.6 is 0 Å².